The van der Waals surface area contributed by atoms with Gasteiger partial charge in [-0.15, -0.1) is 0 Å². The third-order valence-electron chi connectivity index (χ3n) is 3.79. The molecule has 0 aliphatic carbocycles. The summed E-state index contributed by atoms with van der Waals surface area (Å²) in [7, 11) is 0. The standard InChI is InChI=1S/C17H16ClN3O4/c18-11-3-5-12(6-4-11)19-15(22)8-7-14-16(23)21(17(24)20-14)10-13-2-1-9-25-13/h1-6,9,14H,7-8,10H2,(H,19,22)(H,20,24)/t14-/m0/s1. The van der Waals surface area contributed by atoms with Crippen LogP contribution in [0.25, 0.3) is 0 Å². The summed E-state index contributed by atoms with van der Waals surface area (Å²) < 4.78 is 5.15. The van der Waals surface area contributed by atoms with Gasteiger partial charge in [0.1, 0.15) is 11.8 Å². The maximum Gasteiger partial charge on any atom is 0.325 e. The van der Waals surface area contributed by atoms with E-state index < -0.39 is 12.1 Å². The Morgan fingerprint density at radius 1 is 1.24 bits per heavy atom. The van der Waals surface area contributed by atoms with Crippen LogP contribution in [0.4, 0.5) is 10.5 Å². The van der Waals surface area contributed by atoms with Gasteiger partial charge in [-0.05, 0) is 42.8 Å². The van der Waals surface area contributed by atoms with Crippen LogP contribution in [0.15, 0.2) is 47.1 Å². The van der Waals surface area contributed by atoms with Gasteiger partial charge >= 0.3 is 6.03 Å². The molecular formula is C17H16ClN3O4. The largest absolute Gasteiger partial charge is 0.467 e. The van der Waals surface area contributed by atoms with Crippen LogP contribution in [-0.4, -0.2) is 28.8 Å². The normalized spacial score (nSPS) is 16.8. The Kier molecular flexibility index (Phi) is 5.04. The van der Waals surface area contributed by atoms with Crippen molar-refractivity contribution in [3.8, 4) is 0 Å². The van der Waals surface area contributed by atoms with Crippen LogP contribution in [0, 0.1) is 0 Å². The van der Waals surface area contributed by atoms with Crippen molar-refractivity contribution >= 4 is 35.1 Å². The molecule has 4 amide bonds. The maximum absolute atomic E-state index is 12.3. The molecule has 0 bridgehead atoms. The van der Waals surface area contributed by atoms with E-state index in [0.717, 1.165) is 4.90 Å². The highest BCUT2D eigenvalue weighted by atomic mass is 35.5. The van der Waals surface area contributed by atoms with Gasteiger partial charge in [-0.1, -0.05) is 11.6 Å². The van der Waals surface area contributed by atoms with Crippen LogP contribution >= 0.6 is 11.6 Å². The molecule has 1 aliphatic rings. The second-order valence-corrected chi connectivity index (χ2v) is 6.04. The van der Waals surface area contributed by atoms with Gasteiger partial charge in [0.2, 0.25) is 5.91 Å². The van der Waals surface area contributed by atoms with Crippen molar-refractivity contribution < 1.29 is 18.8 Å². The van der Waals surface area contributed by atoms with Crippen molar-refractivity contribution in [2.24, 2.45) is 0 Å². The van der Waals surface area contributed by atoms with E-state index in [9.17, 15) is 14.4 Å². The molecular weight excluding hydrogens is 346 g/mol. The van der Waals surface area contributed by atoms with Gasteiger partial charge < -0.3 is 15.1 Å². The number of carbonyl (C=O) groups is 3. The van der Waals surface area contributed by atoms with Gasteiger partial charge in [-0.2, -0.15) is 0 Å². The number of nitrogens with one attached hydrogen (secondary N) is 2. The summed E-state index contributed by atoms with van der Waals surface area (Å²) in [6.45, 7) is 0.0745. The minimum atomic E-state index is -0.710. The smallest absolute Gasteiger partial charge is 0.325 e. The number of imide groups is 1. The zero-order valence-electron chi connectivity index (χ0n) is 13.2. The fraction of sp³-hybridized carbons (Fsp3) is 0.235. The number of hydrogen-bond acceptors (Lipinski definition) is 4. The molecule has 0 spiro atoms. The molecule has 8 heteroatoms. The average Bonchev–Trinajstić information content (AvgIpc) is 3.19. The summed E-state index contributed by atoms with van der Waals surface area (Å²) in [4.78, 5) is 37.3. The Balaban J connectivity index is 1.51. The topological polar surface area (TPSA) is 91.7 Å². The Bertz CT molecular complexity index is 774. The lowest BCUT2D eigenvalue weighted by Crippen LogP contribution is -2.31. The second kappa shape index (κ2) is 7.40. The lowest BCUT2D eigenvalue weighted by Gasteiger charge is -2.11. The summed E-state index contributed by atoms with van der Waals surface area (Å²) in [5.41, 5.74) is 0.621. The first-order valence-electron chi connectivity index (χ1n) is 7.72. The van der Waals surface area contributed by atoms with Crippen molar-refractivity contribution in [3.05, 3.63) is 53.4 Å². The highest BCUT2D eigenvalue weighted by Gasteiger charge is 2.38. The Labute approximate surface area is 148 Å². The Hall–Kier alpha value is -2.80. The van der Waals surface area contributed by atoms with Crippen molar-refractivity contribution in [3.63, 3.8) is 0 Å². The molecule has 130 valence electrons. The number of anilines is 1. The third kappa shape index (κ3) is 4.19. The number of urea groups is 1. The van der Waals surface area contributed by atoms with E-state index in [0.29, 0.717) is 16.5 Å². The number of nitrogens with zero attached hydrogens (tertiary/aromatic N) is 1. The lowest BCUT2D eigenvalue weighted by molar-refractivity contribution is -0.128. The number of hydrogen-bond donors (Lipinski definition) is 2. The second-order valence-electron chi connectivity index (χ2n) is 5.60. The summed E-state index contributed by atoms with van der Waals surface area (Å²) >= 11 is 5.79. The molecule has 1 fully saturated rings. The van der Waals surface area contributed by atoms with Gasteiger partial charge in [0, 0.05) is 17.1 Å². The van der Waals surface area contributed by atoms with E-state index in [-0.39, 0.29) is 31.2 Å². The quantitative estimate of drug-likeness (QED) is 0.774. The van der Waals surface area contributed by atoms with Crippen molar-refractivity contribution in [2.75, 3.05) is 5.32 Å². The molecule has 0 saturated carbocycles. The number of halogens is 1. The molecule has 1 aromatic heterocycles. The van der Waals surface area contributed by atoms with E-state index in [1.165, 1.54) is 6.26 Å². The zero-order valence-corrected chi connectivity index (χ0v) is 14.0. The van der Waals surface area contributed by atoms with E-state index >= 15 is 0 Å². The average molecular weight is 362 g/mol. The molecule has 25 heavy (non-hydrogen) atoms. The molecule has 1 aliphatic heterocycles. The minimum absolute atomic E-state index is 0.0745. The number of carbonyl (C=O) groups excluding carboxylic acids is 3. The third-order valence-corrected chi connectivity index (χ3v) is 4.04. The van der Waals surface area contributed by atoms with E-state index in [2.05, 4.69) is 10.6 Å². The molecule has 2 N–H and O–H groups in total. The van der Waals surface area contributed by atoms with Gasteiger partial charge in [0.05, 0.1) is 12.8 Å². The number of amides is 4. The summed E-state index contributed by atoms with van der Waals surface area (Å²) in [6, 6.07) is 8.90. The molecule has 3 rings (SSSR count). The van der Waals surface area contributed by atoms with Crippen LogP contribution in [0.1, 0.15) is 18.6 Å². The molecule has 0 unspecified atom stereocenters. The lowest BCUT2D eigenvalue weighted by atomic mass is 10.1. The highest BCUT2D eigenvalue weighted by molar-refractivity contribution is 6.30. The van der Waals surface area contributed by atoms with Crippen molar-refractivity contribution in [1.82, 2.24) is 10.2 Å². The van der Waals surface area contributed by atoms with Crippen molar-refractivity contribution in [2.45, 2.75) is 25.4 Å². The van der Waals surface area contributed by atoms with Gasteiger partial charge in [0.15, 0.2) is 0 Å². The van der Waals surface area contributed by atoms with E-state index in [4.69, 9.17) is 16.0 Å². The molecule has 1 aromatic carbocycles. The van der Waals surface area contributed by atoms with Crippen LogP contribution in [-0.2, 0) is 16.1 Å². The highest BCUT2D eigenvalue weighted by Crippen LogP contribution is 2.17. The summed E-state index contributed by atoms with van der Waals surface area (Å²) in [5.74, 6) is -0.0841. The molecule has 7 nitrogen and oxygen atoms in total. The number of furan rings is 1. The molecule has 0 radical (unpaired) electrons. The van der Waals surface area contributed by atoms with E-state index in [1.807, 2.05) is 0 Å². The molecule has 1 saturated heterocycles. The van der Waals surface area contributed by atoms with Crippen LogP contribution in [0.3, 0.4) is 0 Å². The first-order valence-corrected chi connectivity index (χ1v) is 8.10. The van der Waals surface area contributed by atoms with Crippen LogP contribution in [0.5, 0.6) is 0 Å². The predicted molar refractivity (Wildman–Crippen MR) is 90.9 cm³/mol. The fourth-order valence-corrected chi connectivity index (χ4v) is 2.64. The predicted octanol–water partition coefficient (Wildman–Crippen LogP) is 2.77. The molecule has 1 atom stereocenters. The first kappa shape index (κ1) is 17.0. The number of rotatable bonds is 6. The van der Waals surface area contributed by atoms with Crippen LogP contribution < -0.4 is 10.6 Å². The van der Waals surface area contributed by atoms with Gasteiger partial charge in [-0.3, -0.25) is 14.5 Å². The first-order chi connectivity index (χ1) is 12.0. The van der Waals surface area contributed by atoms with E-state index in [1.54, 1.807) is 36.4 Å². The minimum Gasteiger partial charge on any atom is -0.467 e. The fourth-order valence-electron chi connectivity index (χ4n) is 2.51. The summed E-state index contributed by atoms with van der Waals surface area (Å²) in [5, 5.41) is 5.89. The Morgan fingerprint density at radius 3 is 2.68 bits per heavy atom. The SMILES string of the molecule is O=C(CC[C@@H]1NC(=O)N(Cc2ccco2)C1=O)Nc1ccc(Cl)cc1. The van der Waals surface area contributed by atoms with Crippen molar-refractivity contribution in [1.29, 1.82) is 0 Å². The monoisotopic (exact) mass is 361 g/mol. The molecule has 2 aromatic rings. The molecule has 2 heterocycles. The Morgan fingerprint density at radius 2 is 2.00 bits per heavy atom. The van der Waals surface area contributed by atoms with Crippen LogP contribution in [0.2, 0.25) is 5.02 Å². The zero-order chi connectivity index (χ0) is 17.8. The van der Waals surface area contributed by atoms with Gasteiger partial charge in [-0.25, -0.2) is 4.79 Å². The number of benzene rings is 1. The summed E-state index contributed by atoms with van der Waals surface area (Å²) in [6.07, 6.45) is 1.80. The maximum atomic E-state index is 12.3. The van der Waals surface area contributed by atoms with Gasteiger partial charge in [0.25, 0.3) is 5.91 Å².